The smallest absolute Gasteiger partial charge is 0.159 e. The second-order valence-corrected chi connectivity index (χ2v) is 12.5. The van der Waals surface area contributed by atoms with Gasteiger partial charge in [-0.1, -0.05) is 121 Å². The van der Waals surface area contributed by atoms with Crippen LogP contribution in [-0.4, -0.2) is 0 Å². The van der Waals surface area contributed by atoms with E-state index in [0.29, 0.717) is 0 Å². The first-order valence-corrected chi connectivity index (χ1v) is 16.6. The Balaban J connectivity index is 1.17. The molecular formula is C46H29NO2. The molecule has 3 heteroatoms. The van der Waals surface area contributed by atoms with Crippen LogP contribution in [0.2, 0.25) is 0 Å². The number of nitrogens with zero attached hydrogens (tertiary/aromatic N) is 1. The molecule has 3 nitrogen and oxygen atoms in total. The van der Waals surface area contributed by atoms with Gasteiger partial charge in [-0.3, -0.25) is 0 Å². The van der Waals surface area contributed by atoms with E-state index in [-0.39, 0.29) is 0 Å². The van der Waals surface area contributed by atoms with Gasteiger partial charge in [0.2, 0.25) is 0 Å². The van der Waals surface area contributed by atoms with E-state index < -0.39 is 0 Å². The first-order chi connectivity index (χ1) is 24.3. The van der Waals surface area contributed by atoms with Crippen LogP contribution in [0.3, 0.4) is 0 Å². The van der Waals surface area contributed by atoms with E-state index in [1.54, 1.807) is 0 Å². The lowest BCUT2D eigenvalue weighted by Crippen LogP contribution is -2.11. The Morgan fingerprint density at radius 2 is 1.06 bits per heavy atom. The average molecular weight is 628 g/mol. The summed E-state index contributed by atoms with van der Waals surface area (Å²) in [6.07, 6.45) is 0. The molecule has 230 valence electrons. The number of rotatable bonds is 5. The van der Waals surface area contributed by atoms with Crippen molar-refractivity contribution in [1.82, 2.24) is 0 Å². The van der Waals surface area contributed by atoms with Gasteiger partial charge in [0.05, 0.1) is 11.4 Å². The molecule has 1 aliphatic heterocycles. The molecule has 10 rings (SSSR count). The minimum atomic E-state index is 0.849. The number of fused-ring (bicyclic) bond motifs is 5. The van der Waals surface area contributed by atoms with Crippen molar-refractivity contribution in [2.24, 2.45) is 0 Å². The first kappa shape index (κ1) is 27.5. The van der Waals surface area contributed by atoms with Crippen LogP contribution in [-0.2, 0) is 0 Å². The molecule has 0 fully saturated rings. The van der Waals surface area contributed by atoms with E-state index in [0.717, 1.165) is 78.0 Å². The van der Waals surface area contributed by atoms with Crippen LogP contribution < -0.4 is 9.64 Å². The summed E-state index contributed by atoms with van der Waals surface area (Å²) in [6.45, 7) is 0. The lowest BCUT2D eigenvalue weighted by atomic mass is 9.92. The predicted molar refractivity (Wildman–Crippen MR) is 202 cm³/mol. The summed E-state index contributed by atoms with van der Waals surface area (Å²) in [5.41, 5.74) is 11.7. The van der Waals surface area contributed by atoms with Crippen LogP contribution in [0.25, 0.3) is 66.1 Å². The van der Waals surface area contributed by atoms with E-state index in [2.05, 4.69) is 169 Å². The van der Waals surface area contributed by atoms with Gasteiger partial charge in [-0.25, -0.2) is 0 Å². The molecule has 0 atom stereocenters. The van der Waals surface area contributed by atoms with Crippen LogP contribution in [0.15, 0.2) is 180 Å². The van der Waals surface area contributed by atoms with Crippen molar-refractivity contribution in [2.75, 3.05) is 4.90 Å². The van der Waals surface area contributed by atoms with Crippen molar-refractivity contribution in [3.8, 4) is 44.9 Å². The Kier molecular flexibility index (Phi) is 6.18. The summed E-state index contributed by atoms with van der Waals surface area (Å²) >= 11 is 0. The molecule has 49 heavy (non-hydrogen) atoms. The van der Waals surface area contributed by atoms with Gasteiger partial charge in [-0.15, -0.1) is 0 Å². The van der Waals surface area contributed by atoms with Crippen LogP contribution >= 0.6 is 0 Å². The van der Waals surface area contributed by atoms with E-state index in [9.17, 15) is 0 Å². The zero-order valence-electron chi connectivity index (χ0n) is 26.5. The van der Waals surface area contributed by atoms with Crippen LogP contribution in [0.5, 0.6) is 11.5 Å². The zero-order valence-corrected chi connectivity index (χ0v) is 26.5. The Labute approximate surface area is 283 Å². The largest absolute Gasteiger partial charge is 0.456 e. The van der Waals surface area contributed by atoms with E-state index in [4.69, 9.17) is 9.15 Å². The fourth-order valence-electron chi connectivity index (χ4n) is 7.38. The van der Waals surface area contributed by atoms with Crippen molar-refractivity contribution in [3.63, 3.8) is 0 Å². The van der Waals surface area contributed by atoms with Gasteiger partial charge in [-0.05, 0) is 82.4 Å². The summed E-state index contributed by atoms with van der Waals surface area (Å²) in [6, 6.07) is 61.8. The number of hydrogen-bond acceptors (Lipinski definition) is 3. The molecule has 0 unspecified atom stereocenters. The second kappa shape index (κ2) is 11.0. The minimum absolute atomic E-state index is 0.849. The maximum absolute atomic E-state index is 6.79. The third-order valence-corrected chi connectivity index (χ3v) is 9.66. The highest BCUT2D eigenvalue weighted by Gasteiger charge is 2.26. The van der Waals surface area contributed by atoms with Crippen LogP contribution in [0.1, 0.15) is 0 Å². The lowest BCUT2D eigenvalue weighted by Gasteiger charge is -2.29. The molecule has 0 bridgehead atoms. The summed E-state index contributed by atoms with van der Waals surface area (Å²) in [5, 5.41) is 4.39. The molecule has 0 radical (unpaired) electrons. The van der Waals surface area contributed by atoms with Gasteiger partial charge in [0.15, 0.2) is 5.58 Å². The highest BCUT2D eigenvalue weighted by atomic mass is 16.5. The van der Waals surface area contributed by atoms with Crippen molar-refractivity contribution < 1.29 is 9.15 Å². The molecular weight excluding hydrogens is 599 g/mol. The van der Waals surface area contributed by atoms with E-state index in [1.165, 1.54) is 16.7 Å². The first-order valence-electron chi connectivity index (χ1n) is 16.6. The molecule has 1 aromatic heterocycles. The summed E-state index contributed by atoms with van der Waals surface area (Å²) in [5.74, 6) is 1.73. The quantitative estimate of drug-likeness (QED) is 0.190. The molecule has 0 aliphatic carbocycles. The van der Waals surface area contributed by atoms with Gasteiger partial charge < -0.3 is 14.1 Å². The third-order valence-electron chi connectivity index (χ3n) is 9.66. The highest BCUT2D eigenvalue weighted by Crippen LogP contribution is 2.52. The van der Waals surface area contributed by atoms with E-state index >= 15 is 0 Å². The molecule has 2 heterocycles. The molecule has 0 spiro atoms. The standard InChI is InChI=1S/C46H29NO2/c1-4-12-30(13-5-1)32-22-24-35-37-18-10-20-39-40(26-27-42(45(37)39)48-43(35)28-32)47(34-16-8-3-9-17-34)41-21-11-19-38-36-25-23-33(29-44(36)49-46(38)41)31-14-6-2-7-15-31/h1-29H. The van der Waals surface area contributed by atoms with Crippen molar-refractivity contribution in [1.29, 1.82) is 0 Å². The molecule has 8 aromatic carbocycles. The summed E-state index contributed by atoms with van der Waals surface area (Å²) < 4.78 is 13.5. The molecule has 0 amide bonds. The van der Waals surface area contributed by atoms with Crippen molar-refractivity contribution in [2.45, 2.75) is 0 Å². The lowest BCUT2D eigenvalue weighted by molar-refractivity contribution is 0.487. The van der Waals surface area contributed by atoms with Gasteiger partial charge in [0.25, 0.3) is 0 Å². The summed E-state index contributed by atoms with van der Waals surface area (Å²) in [4.78, 5) is 2.32. The molecule has 0 N–H and O–H groups in total. The fourth-order valence-corrected chi connectivity index (χ4v) is 7.38. The number of ether oxygens (including phenoxy) is 1. The number of benzene rings is 8. The third kappa shape index (κ3) is 4.44. The Bertz CT molecular complexity index is 2680. The van der Waals surface area contributed by atoms with Gasteiger partial charge in [0, 0.05) is 32.8 Å². The molecule has 9 aromatic rings. The SMILES string of the molecule is c1ccc(-c2ccc3c(c2)Oc2ccc(N(c4ccccc4)c4cccc5c4oc4cc(-c6ccccc6)ccc45)c4cccc-3c24)cc1. The minimum Gasteiger partial charge on any atom is -0.456 e. The average Bonchev–Trinajstić information content (AvgIpc) is 3.55. The number of anilines is 3. The second-order valence-electron chi connectivity index (χ2n) is 12.5. The predicted octanol–water partition coefficient (Wildman–Crippen LogP) is 13.3. The zero-order chi connectivity index (χ0) is 32.3. The Morgan fingerprint density at radius 1 is 0.388 bits per heavy atom. The van der Waals surface area contributed by atoms with Crippen LogP contribution in [0, 0.1) is 0 Å². The number of furan rings is 1. The maximum atomic E-state index is 6.79. The topological polar surface area (TPSA) is 25.6 Å². The van der Waals surface area contributed by atoms with Gasteiger partial charge in [0.1, 0.15) is 17.1 Å². The van der Waals surface area contributed by atoms with E-state index in [1.807, 2.05) is 12.1 Å². The molecule has 0 saturated carbocycles. The monoisotopic (exact) mass is 627 g/mol. The number of para-hydroxylation sites is 2. The van der Waals surface area contributed by atoms with Crippen molar-refractivity contribution in [3.05, 3.63) is 176 Å². The molecule has 1 aliphatic rings. The normalized spacial score (nSPS) is 11.8. The van der Waals surface area contributed by atoms with Crippen molar-refractivity contribution >= 4 is 49.8 Å². The molecule has 0 saturated heterocycles. The highest BCUT2D eigenvalue weighted by molar-refractivity contribution is 6.14. The Hall–Kier alpha value is -6.58. The maximum Gasteiger partial charge on any atom is 0.159 e. The Morgan fingerprint density at radius 3 is 1.84 bits per heavy atom. The van der Waals surface area contributed by atoms with Gasteiger partial charge >= 0.3 is 0 Å². The summed E-state index contributed by atoms with van der Waals surface area (Å²) in [7, 11) is 0. The van der Waals surface area contributed by atoms with Gasteiger partial charge in [-0.2, -0.15) is 0 Å². The number of hydrogen-bond donors (Lipinski definition) is 0. The van der Waals surface area contributed by atoms with Crippen LogP contribution in [0.4, 0.5) is 17.1 Å². The fraction of sp³-hybridized carbons (Fsp3) is 0.